The van der Waals surface area contributed by atoms with E-state index < -0.39 is 0 Å². The SMILES string of the molecule is C[C@@]1(c2ccccc2)C=CC(=O)C[C@H]1c1ccc(N=[N+]=[N-])cc1. The van der Waals surface area contributed by atoms with Gasteiger partial charge < -0.3 is 0 Å². The van der Waals surface area contributed by atoms with E-state index in [0.717, 1.165) is 5.56 Å². The molecule has 1 aliphatic rings. The summed E-state index contributed by atoms with van der Waals surface area (Å²) in [6, 6.07) is 17.7. The Hall–Kier alpha value is -2.84. The molecular formula is C19H17N3O. The summed E-state index contributed by atoms with van der Waals surface area (Å²) in [4.78, 5) is 14.8. The number of allylic oxidation sites excluding steroid dienone is 2. The number of hydrogen-bond donors (Lipinski definition) is 0. The molecule has 0 unspecified atom stereocenters. The van der Waals surface area contributed by atoms with Crippen LogP contribution in [0.4, 0.5) is 5.69 Å². The van der Waals surface area contributed by atoms with Gasteiger partial charge in [-0.25, -0.2) is 0 Å². The van der Waals surface area contributed by atoms with E-state index in [4.69, 9.17) is 5.53 Å². The number of ketones is 1. The molecule has 0 saturated heterocycles. The summed E-state index contributed by atoms with van der Waals surface area (Å²) in [6.45, 7) is 2.16. The Morgan fingerprint density at radius 2 is 1.83 bits per heavy atom. The van der Waals surface area contributed by atoms with Crippen LogP contribution in [0.5, 0.6) is 0 Å². The molecule has 0 saturated carbocycles. The van der Waals surface area contributed by atoms with Gasteiger partial charge in [-0.05, 0) is 22.7 Å². The van der Waals surface area contributed by atoms with Gasteiger partial charge in [0.25, 0.3) is 0 Å². The predicted molar refractivity (Wildman–Crippen MR) is 90.5 cm³/mol. The van der Waals surface area contributed by atoms with Gasteiger partial charge in [0.1, 0.15) is 0 Å². The van der Waals surface area contributed by atoms with Crippen molar-refractivity contribution in [1.29, 1.82) is 0 Å². The Kier molecular flexibility index (Phi) is 4.00. The average Bonchev–Trinajstić information content (AvgIpc) is 2.59. The number of benzene rings is 2. The maximum atomic E-state index is 12.0. The molecule has 2 aromatic rings. The Morgan fingerprint density at radius 3 is 2.48 bits per heavy atom. The number of hydrogen-bond acceptors (Lipinski definition) is 2. The van der Waals surface area contributed by atoms with Crippen LogP contribution in [0, 0.1) is 0 Å². The molecule has 0 aromatic heterocycles. The highest BCUT2D eigenvalue weighted by Crippen LogP contribution is 2.45. The minimum absolute atomic E-state index is 0.0579. The van der Waals surface area contributed by atoms with Crippen LogP contribution in [0.3, 0.4) is 0 Å². The molecule has 0 N–H and O–H groups in total. The molecule has 0 spiro atoms. The first-order valence-electron chi connectivity index (χ1n) is 7.56. The van der Waals surface area contributed by atoms with E-state index in [1.165, 1.54) is 5.56 Å². The number of nitrogens with zero attached hydrogens (tertiary/aromatic N) is 3. The van der Waals surface area contributed by atoms with Crippen LogP contribution in [-0.4, -0.2) is 5.78 Å². The van der Waals surface area contributed by atoms with Crippen LogP contribution in [0.1, 0.15) is 30.4 Å². The minimum atomic E-state index is -0.241. The Bertz CT molecular complexity index is 789. The van der Waals surface area contributed by atoms with Crippen molar-refractivity contribution < 1.29 is 4.79 Å². The van der Waals surface area contributed by atoms with Crippen LogP contribution in [-0.2, 0) is 10.2 Å². The fraction of sp³-hybridized carbons (Fsp3) is 0.211. The summed E-state index contributed by atoms with van der Waals surface area (Å²) < 4.78 is 0. The summed E-state index contributed by atoms with van der Waals surface area (Å²) in [5, 5.41) is 3.60. The van der Waals surface area contributed by atoms with E-state index >= 15 is 0 Å². The lowest BCUT2D eigenvalue weighted by Gasteiger charge is -2.38. The largest absolute Gasteiger partial charge is 0.295 e. The fourth-order valence-corrected chi connectivity index (χ4v) is 3.25. The molecule has 23 heavy (non-hydrogen) atoms. The van der Waals surface area contributed by atoms with Gasteiger partial charge in [0, 0.05) is 28.4 Å². The van der Waals surface area contributed by atoms with E-state index in [0.29, 0.717) is 12.1 Å². The van der Waals surface area contributed by atoms with Gasteiger partial charge in [-0.2, -0.15) is 0 Å². The third kappa shape index (κ3) is 2.89. The van der Waals surface area contributed by atoms with Gasteiger partial charge in [0.2, 0.25) is 0 Å². The summed E-state index contributed by atoms with van der Waals surface area (Å²) in [5.74, 6) is 0.199. The van der Waals surface area contributed by atoms with Crippen molar-refractivity contribution in [2.45, 2.75) is 24.7 Å². The Morgan fingerprint density at radius 1 is 1.13 bits per heavy atom. The highest BCUT2D eigenvalue weighted by atomic mass is 16.1. The average molecular weight is 303 g/mol. The highest BCUT2D eigenvalue weighted by molar-refractivity contribution is 5.92. The van der Waals surface area contributed by atoms with Crippen molar-refractivity contribution in [3.8, 4) is 0 Å². The van der Waals surface area contributed by atoms with Crippen molar-refractivity contribution >= 4 is 11.5 Å². The molecule has 3 rings (SSSR count). The van der Waals surface area contributed by atoms with Crippen LogP contribution in [0.15, 0.2) is 71.9 Å². The van der Waals surface area contributed by atoms with Gasteiger partial charge in [0.15, 0.2) is 5.78 Å². The normalized spacial score (nSPS) is 23.3. The van der Waals surface area contributed by atoms with E-state index in [1.807, 2.05) is 36.4 Å². The molecule has 4 heteroatoms. The number of rotatable bonds is 3. The lowest BCUT2D eigenvalue weighted by Crippen LogP contribution is -2.33. The highest BCUT2D eigenvalue weighted by Gasteiger charge is 2.38. The van der Waals surface area contributed by atoms with Gasteiger partial charge in [-0.15, -0.1) is 0 Å². The van der Waals surface area contributed by atoms with E-state index in [-0.39, 0.29) is 17.1 Å². The zero-order chi connectivity index (χ0) is 16.3. The Balaban J connectivity index is 2.05. The number of carbonyl (C=O) groups excluding carboxylic acids is 1. The molecule has 0 fully saturated rings. The molecule has 1 aliphatic carbocycles. The molecule has 2 aromatic carbocycles. The van der Waals surface area contributed by atoms with Crippen molar-refractivity contribution in [2.75, 3.05) is 0 Å². The van der Waals surface area contributed by atoms with Crippen molar-refractivity contribution in [1.82, 2.24) is 0 Å². The molecule has 0 radical (unpaired) electrons. The maximum Gasteiger partial charge on any atom is 0.156 e. The molecule has 114 valence electrons. The number of azide groups is 1. The fourth-order valence-electron chi connectivity index (χ4n) is 3.25. The van der Waals surface area contributed by atoms with Crippen LogP contribution in [0.2, 0.25) is 0 Å². The van der Waals surface area contributed by atoms with Crippen LogP contribution >= 0.6 is 0 Å². The first-order valence-corrected chi connectivity index (χ1v) is 7.56. The van der Waals surface area contributed by atoms with Crippen molar-refractivity contribution in [2.24, 2.45) is 5.11 Å². The van der Waals surface area contributed by atoms with E-state index in [2.05, 4.69) is 29.1 Å². The standard InChI is InChI=1S/C19H17N3O/c1-19(15-5-3-2-4-6-15)12-11-17(23)13-18(19)14-7-9-16(10-8-14)21-22-20/h2-12,18H,13H2,1H3/t18-,19-/m0/s1. The monoisotopic (exact) mass is 303 g/mol. The second-order valence-corrected chi connectivity index (χ2v) is 5.99. The lowest BCUT2D eigenvalue weighted by atomic mass is 9.64. The first-order chi connectivity index (χ1) is 11.1. The summed E-state index contributed by atoms with van der Waals surface area (Å²) in [7, 11) is 0. The topological polar surface area (TPSA) is 65.8 Å². The molecule has 0 bridgehead atoms. The maximum absolute atomic E-state index is 12.0. The molecule has 0 aliphatic heterocycles. The van der Waals surface area contributed by atoms with Gasteiger partial charge in [-0.3, -0.25) is 4.79 Å². The van der Waals surface area contributed by atoms with Gasteiger partial charge in [-0.1, -0.05) is 72.7 Å². The molecule has 2 atom stereocenters. The van der Waals surface area contributed by atoms with Crippen LogP contribution < -0.4 is 0 Å². The summed E-state index contributed by atoms with van der Waals surface area (Å²) in [6.07, 6.45) is 4.18. The molecule has 0 amide bonds. The molecule has 4 nitrogen and oxygen atoms in total. The number of carbonyl (C=O) groups is 1. The van der Waals surface area contributed by atoms with Gasteiger partial charge in [0.05, 0.1) is 0 Å². The Labute approximate surface area is 135 Å². The predicted octanol–water partition coefficient (Wildman–Crippen LogP) is 5.20. The van der Waals surface area contributed by atoms with Gasteiger partial charge >= 0.3 is 0 Å². The van der Waals surface area contributed by atoms with Crippen LogP contribution in [0.25, 0.3) is 10.4 Å². The second-order valence-electron chi connectivity index (χ2n) is 5.99. The van der Waals surface area contributed by atoms with E-state index in [9.17, 15) is 4.79 Å². The quantitative estimate of drug-likeness (QED) is 0.436. The van der Waals surface area contributed by atoms with E-state index in [1.54, 1.807) is 18.2 Å². The third-order valence-electron chi connectivity index (χ3n) is 4.60. The minimum Gasteiger partial charge on any atom is -0.295 e. The lowest BCUT2D eigenvalue weighted by molar-refractivity contribution is -0.115. The summed E-state index contributed by atoms with van der Waals surface area (Å²) in [5.41, 5.74) is 11.1. The summed E-state index contributed by atoms with van der Waals surface area (Å²) >= 11 is 0. The molecule has 0 heterocycles. The molecular weight excluding hydrogens is 286 g/mol. The van der Waals surface area contributed by atoms with Crippen molar-refractivity contribution in [3.63, 3.8) is 0 Å². The third-order valence-corrected chi connectivity index (χ3v) is 4.60. The zero-order valence-corrected chi connectivity index (χ0v) is 12.9. The van der Waals surface area contributed by atoms with Crippen molar-refractivity contribution in [3.05, 3.63) is 88.3 Å². The first kappa shape index (κ1) is 15.1. The smallest absolute Gasteiger partial charge is 0.156 e. The zero-order valence-electron chi connectivity index (χ0n) is 12.9. The second kappa shape index (κ2) is 6.11.